The predicted octanol–water partition coefficient (Wildman–Crippen LogP) is 3.09. The Labute approximate surface area is 162 Å². The smallest absolute Gasteiger partial charge is 0.404 e. The van der Waals surface area contributed by atoms with Gasteiger partial charge < -0.3 is 9.26 Å². The normalized spacial score (nSPS) is 25.4. The summed E-state index contributed by atoms with van der Waals surface area (Å²) in [6.07, 6.45) is 3.87. The molecule has 0 fully saturated rings. The van der Waals surface area contributed by atoms with E-state index in [1.807, 2.05) is 26.0 Å². The number of hydrogen-bond acceptors (Lipinski definition) is 7. The van der Waals surface area contributed by atoms with Gasteiger partial charge >= 0.3 is 13.9 Å². The quantitative estimate of drug-likeness (QED) is 0.438. The number of ether oxygens (including phenoxy) is 1. The number of nitrogens with zero attached hydrogens (tertiary/aromatic N) is 1. The van der Waals surface area contributed by atoms with Gasteiger partial charge in [-0.1, -0.05) is 29.8 Å². The molecule has 1 aromatic rings. The number of carbonyl (C=O) groups excluding carboxylic acids is 2. The molecule has 3 amide bonds. The number of carbonyl (C=O) groups is 2. The summed E-state index contributed by atoms with van der Waals surface area (Å²) in [7, 11) is -3.76. The van der Waals surface area contributed by atoms with Crippen molar-refractivity contribution in [2.24, 2.45) is 0 Å². The maximum absolute atomic E-state index is 12.6. The van der Waals surface area contributed by atoms with Crippen LogP contribution in [0.3, 0.4) is 0 Å². The van der Waals surface area contributed by atoms with E-state index in [1.165, 1.54) is 4.90 Å². The van der Waals surface area contributed by atoms with Crippen molar-refractivity contribution in [3.8, 4) is 5.75 Å². The summed E-state index contributed by atoms with van der Waals surface area (Å²) in [4.78, 5) is 23.9. The Bertz CT molecular complexity index is 850. The van der Waals surface area contributed by atoms with E-state index in [4.69, 9.17) is 18.3 Å². The van der Waals surface area contributed by atoms with Gasteiger partial charge in [0.25, 0.3) is 0 Å². The third-order valence-corrected chi connectivity index (χ3v) is 5.18. The fourth-order valence-electron chi connectivity index (χ4n) is 2.63. The van der Waals surface area contributed by atoms with Crippen molar-refractivity contribution >= 4 is 20.3 Å². The van der Waals surface area contributed by atoms with Crippen molar-refractivity contribution in [2.45, 2.75) is 32.8 Å². The van der Waals surface area contributed by atoms with Gasteiger partial charge in [-0.05, 0) is 26.0 Å². The van der Waals surface area contributed by atoms with Crippen LogP contribution in [-0.4, -0.2) is 36.3 Å². The lowest BCUT2D eigenvalue weighted by Crippen LogP contribution is -2.42. The van der Waals surface area contributed by atoms with Crippen molar-refractivity contribution in [1.29, 1.82) is 0 Å². The largest absolute Gasteiger partial charge is 0.530 e. The van der Waals surface area contributed by atoms with E-state index in [9.17, 15) is 14.2 Å². The molecule has 10 heteroatoms. The topological polar surface area (TPSA) is 103 Å². The highest BCUT2D eigenvalue weighted by Gasteiger charge is 2.36. The summed E-state index contributed by atoms with van der Waals surface area (Å²) in [6.45, 7) is 3.64. The lowest BCUT2D eigenvalue weighted by molar-refractivity contribution is -0.109. The molecule has 0 radical (unpaired) electrons. The van der Waals surface area contributed by atoms with Gasteiger partial charge in [0.05, 0.1) is 13.2 Å². The molecular weight excluding hydrogens is 387 g/mol. The predicted molar refractivity (Wildman–Crippen MR) is 99.1 cm³/mol. The molecule has 0 aliphatic carbocycles. The van der Waals surface area contributed by atoms with Crippen molar-refractivity contribution in [2.75, 3.05) is 6.61 Å². The molecule has 0 saturated heterocycles. The zero-order chi connectivity index (χ0) is 20.1. The number of hydrogen-bond donors (Lipinski definition) is 1. The number of rotatable bonds is 6. The number of nitrogens with one attached hydrogen (secondary N) is 1. The molecule has 9 nitrogen and oxygen atoms in total. The zero-order valence-electron chi connectivity index (χ0n) is 15.4. The number of allylic oxidation sites excluding steroid dienone is 1. The Morgan fingerprint density at radius 3 is 2.89 bits per heavy atom. The number of para-hydroxylation sites is 1. The Balaban J connectivity index is 1.58. The van der Waals surface area contributed by atoms with E-state index >= 15 is 0 Å². The number of phosphoric acid groups is 1. The van der Waals surface area contributed by atoms with Crippen LogP contribution in [0.2, 0.25) is 0 Å². The van der Waals surface area contributed by atoms with Gasteiger partial charge in [-0.25, -0.2) is 9.36 Å². The SMILES string of the molecule is CC(C)=CN(C(=O)NC=O)[C@H]1C=C[C@@H](CO[P@@]2(=O)OCc3ccccc3O2)O1. The average Bonchev–Trinajstić information content (AvgIpc) is 3.13. The van der Waals surface area contributed by atoms with Crippen LogP contribution in [-0.2, 0) is 29.8 Å². The number of urea groups is 1. The fraction of sp³-hybridized carbons (Fsp3) is 0.333. The first-order valence-electron chi connectivity index (χ1n) is 8.58. The third-order valence-electron chi connectivity index (χ3n) is 3.85. The van der Waals surface area contributed by atoms with E-state index < -0.39 is 26.2 Å². The molecule has 2 aliphatic rings. The van der Waals surface area contributed by atoms with Gasteiger partial charge in [0, 0.05) is 11.8 Å². The van der Waals surface area contributed by atoms with Crippen LogP contribution in [0, 0.1) is 0 Å². The van der Waals surface area contributed by atoms with E-state index in [0.29, 0.717) is 12.2 Å². The van der Waals surface area contributed by atoms with Crippen LogP contribution in [0.4, 0.5) is 4.79 Å². The summed E-state index contributed by atoms with van der Waals surface area (Å²) in [5.74, 6) is 0.457. The van der Waals surface area contributed by atoms with Gasteiger partial charge in [0.2, 0.25) is 6.41 Å². The second-order valence-electron chi connectivity index (χ2n) is 6.35. The monoisotopic (exact) mass is 408 g/mol. The van der Waals surface area contributed by atoms with E-state index in [2.05, 4.69) is 5.32 Å². The van der Waals surface area contributed by atoms with Crippen LogP contribution < -0.4 is 9.84 Å². The number of amides is 3. The highest BCUT2D eigenvalue weighted by molar-refractivity contribution is 7.49. The molecule has 2 aliphatic heterocycles. The summed E-state index contributed by atoms with van der Waals surface area (Å²) in [5.41, 5.74) is 1.62. The molecule has 0 bridgehead atoms. The molecule has 2 heterocycles. The average molecular weight is 408 g/mol. The van der Waals surface area contributed by atoms with Gasteiger partial charge in [-0.2, -0.15) is 0 Å². The zero-order valence-corrected chi connectivity index (χ0v) is 16.3. The van der Waals surface area contributed by atoms with Crippen LogP contribution in [0.15, 0.2) is 48.2 Å². The number of benzene rings is 1. The van der Waals surface area contributed by atoms with Crippen LogP contribution >= 0.6 is 7.82 Å². The molecule has 1 aromatic carbocycles. The first kappa shape index (κ1) is 20.3. The molecule has 150 valence electrons. The summed E-state index contributed by atoms with van der Waals surface area (Å²) in [6, 6.07) is 6.48. The van der Waals surface area contributed by atoms with Crippen LogP contribution in [0.25, 0.3) is 0 Å². The van der Waals surface area contributed by atoms with Crippen molar-refractivity contribution in [1.82, 2.24) is 10.2 Å². The van der Waals surface area contributed by atoms with Crippen molar-refractivity contribution in [3.05, 3.63) is 53.8 Å². The van der Waals surface area contributed by atoms with Gasteiger partial charge in [-0.15, -0.1) is 0 Å². The Morgan fingerprint density at radius 1 is 1.36 bits per heavy atom. The lowest BCUT2D eigenvalue weighted by Gasteiger charge is -2.27. The van der Waals surface area contributed by atoms with Crippen LogP contribution in [0.5, 0.6) is 5.75 Å². The second kappa shape index (κ2) is 8.70. The highest BCUT2D eigenvalue weighted by Crippen LogP contribution is 2.54. The van der Waals surface area contributed by atoms with Crippen LogP contribution in [0.1, 0.15) is 19.4 Å². The number of phosphoric ester groups is 1. The lowest BCUT2D eigenvalue weighted by atomic mass is 10.2. The second-order valence-corrected chi connectivity index (χ2v) is 7.94. The van der Waals surface area contributed by atoms with Crippen molar-refractivity contribution < 1.29 is 32.5 Å². The molecule has 3 rings (SSSR count). The fourth-order valence-corrected chi connectivity index (χ4v) is 3.85. The molecule has 0 spiro atoms. The molecule has 0 aromatic heterocycles. The minimum atomic E-state index is -3.76. The molecular formula is C18H21N2O7P. The van der Waals surface area contributed by atoms with E-state index in [-0.39, 0.29) is 13.2 Å². The Kier molecular flexibility index (Phi) is 6.31. The first-order valence-corrected chi connectivity index (χ1v) is 10.0. The molecule has 28 heavy (non-hydrogen) atoms. The maximum atomic E-state index is 12.6. The highest BCUT2D eigenvalue weighted by atomic mass is 31.2. The molecule has 1 N–H and O–H groups in total. The van der Waals surface area contributed by atoms with E-state index in [1.54, 1.807) is 30.5 Å². The Morgan fingerprint density at radius 2 is 2.14 bits per heavy atom. The number of imide groups is 1. The molecule has 0 unspecified atom stereocenters. The van der Waals surface area contributed by atoms with Crippen molar-refractivity contribution in [3.63, 3.8) is 0 Å². The Hall–Kier alpha value is -2.45. The summed E-state index contributed by atoms with van der Waals surface area (Å²) < 4.78 is 34.4. The minimum Gasteiger partial charge on any atom is -0.404 e. The van der Waals surface area contributed by atoms with Gasteiger partial charge in [0.1, 0.15) is 11.9 Å². The molecule has 0 saturated carbocycles. The first-order chi connectivity index (χ1) is 13.4. The molecule has 3 atom stereocenters. The summed E-state index contributed by atoms with van der Waals surface area (Å²) >= 11 is 0. The third kappa shape index (κ3) is 4.88. The summed E-state index contributed by atoms with van der Waals surface area (Å²) in [5, 5.41) is 2.07. The standard InChI is InChI=1S/C18H21N2O7P/c1-13(2)9-20(18(22)19-12-21)17-8-7-15(26-17)11-25-28(23)24-10-14-5-3-4-6-16(14)27-28/h3-9,12,15,17H,10-11H2,1-2H3,(H,19,21,22)/t15-,17+,28+/m0/s1. The number of fused-ring (bicyclic) bond motifs is 1. The van der Waals surface area contributed by atoms with E-state index in [0.717, 1.165) is 11.1 Å². The maximum Gasteiger partial charge on any atom is 0.530 e. The van der Waals surface area contributed by atoms with Gasteiger partial charge in [-0.3, -0.25) is 24.1 Å². The minimum absolute atomic E-state index is 0.0929. The van der Waals surface area contributed by atoms with Gasteiger partial charge in [0.15, 0.2) is 6.23 Å².